The molecule has 0 bridgehead atoms. The van der Waals surface area contributed by atoms with E-state index in [0.717, 1.165) is 5.56 Å². The van der Waals surface area contributed by atoms with E-state index in [1.165, 1.54) is 24.4 Å². The van der Waals surface area contributed by atoms with E-state index < -0.39 is 6.04 Å². The maximum absolute atomic E-state index is 12.8. The number of carbonyl (C=O) groups excluding carboxylic acids is 2. The van der Waals surface area contributed by atoms with Crippen LogP contribution in [0.15, 0.2) is 61.7 Å². The molecule has 0 saturated heterocycles. The minimum absolute atomic E-state index is 0.229. The Hall–Kier alpha value is -4.14. The SMILES string of the molecule is C=CCc1cc(C(=O)Nc2ccc(NC(=O)C(C)n3cncn3)cc2)cc(OC)c1OC. The van der Waals surface area contributed by atoms with Gasteiger partial charge in [-0.3, -0.25) is 9.59 Å². The number of nitrogens with zero attached hydrogens (tertiary/aromatic N) is 3. The molecular formula is C23H25N5O4. The molecule has 0 aliphatic heterocycles. The number of benzene rings is 2. The van der Waals surface area contributed by atoms with Crippen LogP contribution in [0.3, 0.4) is 0 Å². The summed E-state index contributed by atoms with van der Waals surface area (Å²) in [5, 5.41) is 9.63. The molecule has 166 valence electrons. The van der Waals surface area contributed by atoms with Gasteiger partial charge in [-0.05, 0) is 49.7 Å². The molecule has 1 heterocycles. The molecule has 0 spiro atoms. The van der Waals surface area contributed by atoms with Crippen LogP contribution < -0.4 is 20.1 Å². The number of methoxy groups -OCH3 is 2. The van der Waals surface area contributed by atoms with E-state index in [9.17, 15) is 9.59 Å². The van der Waals surface area contributed by atoms with Crippen LogP contribution in [0.4, 0.5) is 11.4 Å². The van der Waals surface area contributed by atoms with E-state index in [-0.39, 0.29) is 11.8 Å². The van der Waals surface area contributed by atoms with Gasteiger partial charge in [0.05, 0.1) is 14.2 Å². The summed E-state index contributed by atoms with van der Waals surface area (Å²) in [5.41, 5.74) is 2.40. The van der Waals surface area contributed by atoms with Gasteiger partial charge < -0.3 is 20.1 Å². The molecule has 2 aromatic carbocycles. The molecule has 0 fully saturated rings. The molecule has 9 nitrogen and oxygen atoms in total. The van der Waals surface area contributed by atoms with Gasteiger partial charge in [-0.15, -0.1) is 6.58 Å². The Morgan fingerprint density at radius 1 is 1.12 bits per heavy atom. The zero-order chi connectivity index (χ0) is 23.1. The molecule has 0 aliphatic carbocycles. The van der Waals surface area contributed by atoms with Crippen molar-refractivity contribution in [3.8, 4) is 11.5 Å². The molecule has 1 unspecified atom stereocenters. The van der Waals surface area contributed by atoms with Crippen molar-refractivity contribution in [1.29, 1.82) is 0 Å². The monoisotopic (exact) mass is 435 g/mol. The quantitative estimate of drug-likeness (QED) is 0.499. The Balaban J connectivity index is 1.70. The average molecular weight is 435 g/mol. The van der Waals surface area contributed by atoms with Gasteiger partial charge >= 0.3 is 0 Å². The Bertz CT molecular complexity index is 1090. The highest BCUT2D eigenvalue weighted by Gasteiger charge is 2.17. The fraction of sp³-hybridized carbons (Fsp3) is 0.217. The number of ether oxygens (including phenoxy) is 2. The van der Waals surface area contributed by atoms with Crippen molar-refractivity contribution >= 4 is 23.2 Å². The van der Waals surface area contributed by atoms with Gasteiger partial charge in [-0.2, -0.15) is 5.10 Å². The first-order valence-electron chi connectivity index (χ1n) is 9.89. The molecule has 1 atom stereocenters. The van der Waals surface area contributed by atoms with Crippen molar-refractivity contribution < 1.29 is 19.1 Å². The average Bonchev–Trinajstić information content (AvgIpc) is 3.34. The van der Waals surface area contributed by atoms with Crippen molar-refractivity contribution in [2.45, 2.75) is 19.4 Å². The second-order valence-electron chi connectivity index (χ2n) is 6.94. The molecular weight excluding hydrogens is 410 g/mol. The third-order valence-electron chi connectivity index (χ3n) is 4.81. The molecule has 1 aromatic heterocycles. The number of carbonyl (C=O) groups is 2. The maximum atomic E-state index is 12.8. The number of hydrogen-bond donors (Lipinski definition) is 2. The largest absolute Gasteiger partial charge is 0.493 e. The zero-order valence-corrected chi connectivity index (χ0v) is 18.2. The van der Waals surface area contributed by atoms with Crippen LogP contribution in [-0.4, -0.2) is 40.8 Å². The van der Waals surface area contributed by atoms with Crippen molar-refractivity contribution in [2.75, 3.05) is 24.9 Å². The summed E-state index contributed by atoms with van der Waals surface area (Å²) in [6.45, 7) is 5.47. The Morgan fingerprint density at radius 3 is 2.38 bits per heavy atom. The van der Waals surface area contributed by atoms with Gasteiger partial charge in [0.2, 0.25) is 5.91 Å². The smallest absolute Gasteiger partial charge is 0.255 e. The molecule has 2 N–H and O–H groups in total. The Morgan fingerprint density at radius 2 is 1.81 bits per heavy atom. The summed E-state index contributed by atoms with van der Waals surface area (Å²) in [6.07, 6.45) is 5.12. The van der Waals surface area contributed by atoms with Crippen LogP contribution in [0, 0.1) is 0 Å². The van der Waals surface area contributed by atoms with E-state index >= 15 is 0 Å². The van der Waals surface area contributed by atoms with Crippen molar-refractivity contribution in [3.63, 3.8) is 0 Å². The highest BCUT2D eigenvalue weighted by Crippen LogP contribution is 2.33. The third-order valence-corrected chi connectivity index (χ3v) is 4.81. The van der Waals surface area contributed by atoms with Crippen molar-refractivity contribution in [1.82, 2.24) is 14.8 Å². The number of aromatic nitrogens is 3. The topological polar surface area (TPSA) is 107 Å². The molecule has 0 saturated carbocycles. The van der Waals surface area contributed by atoms with Crippen LogP contribution >= 0.6 is 0 Å². The predicted octanol–water partition coefficient (Wildman–Crippen LogP) is 3.48. The summed E-state index contributed by atoms with van der Waals surface area (Å²) in [4.78, 5) is 29.0. The van der Waals surface area contributed by atoms with Gasteiger partial charge in [-0.25, -0.2) is 9.67 Å². The molecule has 0 radical (unpaired) electrons. The van der Waals surface area contributed by atoms with Crippen LogP contribution in [0.1, 0.15) is 28.9 Å². The van der Waals surface area contributed by atoms with Gasteiger partial charge in [0.15, 0.2) is 11.5 Å². The maximum Gasteiger partial charge on any atom is 0.255 e. The molecule has 9 heteroatoms. The summed E-state index contributed by atoms with van der Waals surface area (Å²) in [5.74, 6) is 0.515. The molecule has 3 rings (SSSR count). The lowest BCUT2D eigenvalue weighted by molar-refractivity contribution is -0.119. The number of nitrogens with one attached hydrogen (secondary N) is 2. The van der Waals surface area contributed by atoms with Gasteiger partial charge in [0.25, 0.3) is 5.91 Å². The van der Waals surface area contributed by atoms with Crippen LogP contribution in [0.25, 0.3) is 0 Å². The van der Waals surface area contributed by atoms with Gasteiger partial charge in [0, 0.05) is 22.5 Å². The number of hydrogen-bond acceptors (Lipinski definition) is 6. The predicted molar refractivity (Wildman–Crippen MR) is 121 cm³/mol. The molecule has 2 amide bonds. The van der Waals surface area contributed by atoms with Crippen molar-refractivity contribution in [2.24, 2.45) is 0 Å². The highest BCUT2D eigenvalue weighted by molar-refractivity contribution is 6.05. The first kappa shape index (κ1) is 22.5. The van der Waals surface area contributed by atoms with E-state index in [1.807, 2.05) is 0 Å². The zero-order valence-electron chi connectivity index (χ0n) is 18.2. The van der Waals surface area contributed by atoms with E-state index in [0.29, 0.717) is 34.9 Å². The minimum Gasteiger partial charge on any atom is -0.493 e. The highest BCUT2D eigenvalue weighted by atomic mass is 16.5. The lowest BCUT2D eigenvalue weighted by Crippen LogP contribution is -2.24. The van der Waals surface area contributed by atoms with E-state index in [1.54, 1.807) is 56.5 Å². The first-order chi connectivity index (χ1) is 15.5. The normalized spacial score (nSPS) is 11.3. The van der Waals surface area contributed by atoms with Crippen LogP contribution in [-0.2, 0) is 11.2 Å². The summed E-state index contributed by atoms with van der Waals surface area (Å²) < 4.78 is 12.2. The second-order valence-corrected chi connectivity index (χ2v) is 6.94. The van der Waals surface area contributed by atoms with Crippen molar-refractivity contribution in [3.05, 3.63) is 72.8 Å². The minimum atomic E-state index is -0.508. The number of anilines is 2. The molecule has 3 aromatic rings. The summed E-state index contributed by atoms with van der Waals surface area (Å²) in [7, 11) is 3.07. The lowest BCUT2D eigenvalue weighted by Gasteiger charge is -2.15. The van der Waals surface area contributed by atoms with E-state index in [2.05, 4.69) is 27.3 Å². The van der Waals surface area contributed by atoms with Gasteiger partial charge in [-0.1, -0.05) is 6.08 Å². The molecule has 32 heavy (non-hydrogen) atoms. The van der Waals surface area contributed by atoms with Gasteiger partial charge in [0.1, 0.15) is 18.7 Å². The Labute approximate surface area is 186 Å². The number of rotatable bonds is 9. The Kier molecular flexibility index (Phi) is 7.22. The fourth-order valence-electron chi connectivity index (χ4n) is 3.11. The second kappa shape index (κ2) is 10.3. The van der Waals surface area contributed by atoms with Crippen LogP contribution in [0.5, 0.6) is 11.5 Å². The fourth-order valence-corrected chi connectivity index (χ4v) is 3.11. The third kappa shape index (κ3) is 5.12. The number of amides is 2. The number of allylic oxidation sites excluding steroid dienone is 1. The standard InChI is InChI=1S/C23H25N5O4/c1-5-6-16-11-17(12-20(31-3)21(16)32-4)23(30)27-19-9-7-18(8-10-19)26-22(29)15(2)28-14-24-13-25-28/h5,7-15H,1,6H2,2-4H3,(H,26,29)(H,27,30). The van der Waals surface area contributed by atoms with E-state index in [4.69, 9.17) is 9.47 Å². The lowest BCUT2D eigenvalue weighted by atomic mass is 10.0. The van der Waals surface area contributed by atoms with Crippen LogP contribution in [0.2, 0.25) is 0 Å². The first-order valence-corrected chi connectivity index (χ1v) is 9.89. The summed E-state index contributed by atoms with van der Waals surface area (Å²) in [6, 6.07) is 9.70. The molecule has 0 aliphatic rings. The summed E-state index contributed by atoms with van der Waals surface area (Å²) >= 11 is 0.